The quantitative estimate of drug-likeness (QED) is 0.922. The Labute approximate surface area is 125 Å². The number of benzene rings is 1. The largest absolute Gasteiger partial charge is 0.490 e. The summed E-state index contributed by atoms with van der Waals surface area (Å²) in [5.74, 6) is 0.127. The monoisotopic (exact) mass is 294 g/mol. The normalized spacial score (nSPS) is 26.0. The van der Waals surface area contributed by atoms with E-state index in [9.17, 15) is 9.50 Å². The molecule has 1 saturated heterocycles. The Morgan fingerprint density at radius 2 is 2.14 bits per heavy atom. The van der Waals surface area contributed by atoms with Crippen molar-refractivity contribution in [2.24, 2.45) is 0 Å². The van der Waals surface area contributed by atoms with Gasteiger partial charge < -0.3 is 14.6 Å². The Kier molecular flexibility index (Phi) is 4.18. The maximum Gasteiger partial charge on any atom is 0.128 e. The lowest BCUT2D eigenvalue weighted by Crippen LogP contribution is -2.41. The van der Waals surface area contributed by atoms with Crippen LogP contribution in [0.1, 0.15) is 57.1 Å². The van der Waals surface area contributed by atoms with E-state index < -0.39 is 6.10 Å². The van der Waals surface area contributed by atoms with E-state index in [4.69, 9.17) is 9.47 Å². The molecule has 2 atom stereocenters. The van der Waals surface area contributed by atoms with E-state index in [2.05, 4.69) is 0 Å². The third-order valence-electron chi connectivity index (χ3n) is 4.68. The first-order valence-corrected chi connectivity index (χ1v) is 7.86. The van der Waals surface area contributed by atoms with Gasteiger partial charge in [0.05, 0.1) is 18.3 Å². The molecule has 2 fully saturated rings. The second kappa shape index (κ2) is 5.93. The smallest absolute Gasteiger partial charge is 0.128 e. The van der Waals surface area contributed by atoms with E-state index in [0.29, 0.717) is 17.9 Å². The Morgan fingerprint density at radius 3 is 2.86 bits per heavy atom. The summed E-state index contributed by atoms with van der Waals surface area (Å²) in [5.41, 5.74) is 0.615. The second-order valence-electron chi connectivity index (χ2n) is 6.33. The van der Waals surface area contributed by atoms with Crippen LogP contribution in [0, 0.1) is 5.82 Å². The predicted molar refractivity (Wildman–Crippen MR) is 77.8 cm³/mol. The summed E-state index contributed by atoms with van der Waals surface area (Å²) in [6.45, 7) is 2.37. The third kappa shape index (κ3) is 3.22. The zero-order valence-corrected chi connectivity index (χ0v) is 12.5. The van der Waals surface area contributed by atoms with Gasteiger partial charge in [-0.2, -0.15) is 0 Å². The van der Waals surface area contributed by atoms with Crippen LogP contribution in [0.4, 0.5) is 4.39 Å². The van der Waals surface area contributed by atoms with Crippen LogP contribution in [0.25, 0.3) is 0 Å². The minimum atomic E-state index is -0.666. The summed E-state index contributed by atoms with van der Waals surface area (Å²) in [6, 6.07) is 4.33. The van der Waals surface area contributed by atoms with Crippen molar-refractivity contribution in [3.63, 3.8) is 0 Å². The van der Waals surface area contributed by atoms with Crippen molar-refractivity contribution in [1.29, 1.82) is 0 Å². The first kappa shape index (κ1) is 14.8. The summed E-state index contributed by atoms with van der Waals surface area (Å²) < 4.78 is 25.5. The maximum atomic E-state index is 13.5. The molecule has 1 unspecified atom stereocenters. The molecule has 1 saturated carbocycles. The van der Waals surface area contributed by atoms with Crippen LogP contribution in [0.5, 0.6) is 5.75 Å². The van der Waals surface area contributed by atoms with Crippen LogP contribution in [-0.4, -0.2) is 23.4 Å². The van der Waals surface area contributed by atoms with Gasteiger partial charge in [0.1, 0.15) is 17.7 Å². The molecule has 1 heterocycles. The van der Waals surface area contributed by atoms with Gasteiger partial charge >= 0.3 is 0 Å². The van der Waals surface area contributed by atoms with E-state index in [1.54, 1.807) is 13.0 Å². The topological polar surface area (TPSA) is 38.7 Å². The Bertz CT molecular complexity index is 495. The highest BCUT2D eigenvalue weighted by Gasteiger charge is 2.40. The van der Waals surface area contributed by atoms with Crippen LogP contribution in [0.2, 0.25) is 0 Å². The van der Waals surface area contributed by atoms with Gasteiger partial charge in [0.2, 0.25) is 0 Å². The van der Waals surface area contributed by atoms with E-state index in [0.717, 1.165) is 25.7 Å². The Morgan fingerprint density at radius 1 is 1.38 bits per heavy atom. The summed E-state index contributed by atoms with van der Waals surface area (Å²) in [4.78, 5) is 0. The van der Waals surface area contributed by atoms with Crippen LogP contribution in [0.15, 0.2) is 18.2 Å². The van der Waals surface area contributed by atoms with Gasteiger partial charge in [-0.15, -0.1) is 0 Å². The zero-order chi connectivity index (χ0) is 14.9. The number of ether oxygens (including phenoxy) is 2. The van der Waals surface area contributed by atoms with Crippen LogP contribution >= 0.6 is 0 Å². The minimum absolute atomic E-state index is 0.0266. The standard InChI is InChI=1S/C17H23FO3/c1-12(19)15-5-4-13(18)10-16(15)21-14-6-9-20-17(11-14)7-2-3-8-17/h4-5,10,12,14,19H,2-3,6-9,11H2,1H3/t12-,14?/m1/s1. The van der Waals surface area contributed by atoms with Crippen molar-refractivity contribution in [2.45, 2.75) is 63.3 Å². The summed E-state index contributed by atoms with van der Waals surface area (Å²) in [7, 11) is 0. The first-order valence-electron chi connectivity index (χ1n) is 7.86. The SMILES string of the molecule is C[C@@H](O)c1ccc(F)cc1OC1CCOC2(CCCC2)C1. The molecule has 0 amide bonds. The highest BCUT2D eigenvalue weighted by molar-refractivity contribution is 5.35. The van der Waals surface area contributed by atoms with Gasteiger partial charge in [0.15, 0.2) is 0 Å². The highest BCUT2D eigenvalue weighted by atomic mass is 19.1. The lowest BCUT2D eigenvalue weighted by Gasteiger charge is -2.38. The van der Waals surface area contributed by atoms with Crippen molar-refractivity contribution in [3.05, 3.63) is 29.6 Å². The lowest BCUT2D eigenvalue weighted by molar-refractivity contribution is -0.108. The summed E-state index contributed by atoms with van der Waals surface area (Å²) >= 11 is 0. The van der Waals surface area contributed by atoms with Crippen LogP contribution < -0.4 is 4.74 Å². The Balaban J connectivity index is 1.75. The molecule has 0 bridgehead atoms. The van der Waals surface area contributed by atoms with Crippen molar-refractivity contribution < 1.29 is 19.0 Å². The van der Waals surface area contributed by atoms with E-state index in [1.807, 2.05) is 0 Å². The molecule has 21 heavy (non-hydrogen) atoms. The van der Waals surface area contributed by atoms with Gasteiger partial charge in [0, 0.05) is 24.5 Å². The Hall–Kier alpha value is -1.13. The molecule has 1 spiro atoms. The first-order chi connectivity index (χ1) is 10.1. The van der Waals surface area contributed by atoms with Crippen molar-refractivity contribution in [2.75, 3.05) is 6.61 Å². The molecule has 1 N–H and O–H groups in total. The number of rotatable bonds is 3. The molecule has 1 aromatic rings. The van der Waals surface area contributed by atoms with Crippen LogP contribution in [-0.2, 0) is 4.74 Å². The predicted octanol–water partition coefficient (Wildman–Crippen LogP) is 3.75. The maximum absolute atomic E-state index is 13.5. The van der Waals surface area contributed by atoms with Gasteiger partial charge in [-0.3, -0.25) is 0 Å². The number of aliphatic hydroxyl groups is 1. The number of halogens is 1. The molecule has 1 aliphatic carbocycles. The summed E-state index contributed by atoms with van der Waals surface area (Å²) in [6.07, 6.45) is 5.67. The molecule has 1 aromatic carbocycles. The van der Waals surface area contributed by atoms with Crippen molar-refractivity contribution in [1.82, 2.24) is 0 Å². The molecule has 0 radical (unpaired) electrons. The van der Waals surface area contributed by atoms with Gasteiger partial charge in [-0.1, -0.05) is 12.8 Å². The molecular weight excluding hydrogens is 271 g/mol. The average molecular weight is 294 g/mol. The third-order valence-corrected chi connectivity index (χ3v) is 4.68. The molecule has 0 aromatic heterocycles. The molecule has 3 rings (SSSR count). The van der Waals surface area contributed by atoms with Crippen molar-refractivity contribution in [3.8, 4) is 5.75 Å². The van der Waals surface area contributed by atoms with Crippen molar-refractivity contribution >= 4 is 0 Å². The zero-order valence-electron chi connectivity index (χ0n) is 12.5. The molecule has 1 aliphatic heterocycles. The summed E-state index contributed by atoms with van der Waals surface area (Å²) in [5, 5.41) is 9.80. The molecular formula is C17H23FO3. The molecule has 4 heteroatoms. The number of hydrogen-bond donors (Lipinski definition) is 1. The van der Waals surface area contributed by atoms with E-state index >= 15 is 0 Å². The second-order valence-corrected chi connectivity index (χ2v) is 6.33. The number of hydrogen-bond acceptors (Lipinski definition) is 3. The molecule has 116 valence electrons. The fourth-order valence-electron chi connectivity index (χ4n) is 3.59. The average Bonchev–Trinajstić information content (AvgIpc) is 2.86. The number of aliphatic hydroxyl groups excluding tert-OH is 1. The minimum Gasteiger partial charge on any atom is -0.490 e. The fraction of sp³-hybridized carbons (Fsp3) is 0.647. The molecule has 3 nitrogen and oxygen atoms in total. The molecule has 2 aliphatic rings. The van der Waals surface area contributed by atoms with Crippen LogP contribution in [0.3, 0.4) is 0 Å². The highest BCUT2D eigenvalue weighted by Crippen LogP contribution is 2.41. The fourth-order valence-corrected chi connectivity index (χ4v) is 3.59. The van der Waals surface area contributed by atoms with E-state index in [-0.39, 0.29) is 17.5 Å². The van der Waals surface area contributed by atoms with Gasteiger partial charge in [-0.05, 0) is 31.9 Å². The van der Waals surface area contributed by atoms with E-state index in [1.165, 1.54) is 25.0 Å². The van der Waals surface area contributed by atoms with Gasteiger partial charge in [0.25, 0.3) is 0 Å². The van der Waals surface area contributed by atoms with Gasteiger partial charge in [-0.25, -0.2) is 4.39 Å². The lowest BCUT2D eigenvalue weighted by atomic mass is 9.90.